The molecule has 110 valence electrons. The lowest BCUT2D eigenvalue weighted by atomic mass is 9.95. The summed E-state index contributed by atoms with van der Waals surface area (Å²) in [5.74, 6) is 0. The van der Waals surface area contributed by atoms with Gasteiger partial charge in [0.2, 0.25) is 0 Å². The first kappa shape index (κ1) is 13.7. The topological polar surface area (TPSA) is 61.0 Å². The molecule has 3 rings (SSSR count). The van der Waals surface area contributed by atoms with E-state index in [1.807, 2.05) is 4.90 Å². The minimum atomic E-state index is -0.0540. The maximum atomic E-state index is 12.5. The van der Waals surface area contributed by atoms with Crippen molar-refractivity contribution in [1.82, 2.24) is 15.1 Å². The minimum Gasteiger partial charge on any atom is -0.317 e. The molecule has 1 atom stereocenters. The number of likely N-dealkylation sites (tertiary alicyclic amines) is 1. The molecule has 0 radical (unpaired) electrons. The highest BCUT2D eigenvalue weighted by Crippen LogP contribution is 2.31. The van der Waals surface area contributed by atoms with Crippen LogP contribution in [0.5, 0.6) is 0 Å². The number of hydrogen-bond donors (Lipinski definition) is 2. The Morgan fingerprint density at radius 2 is 2.14 bits per heavy atom. The summed E-state index contributed by atoms with van der Waals surface area (Å²) < 4.78 is 0. The van der Waals surface area contributed by atoms with Crippen molar-refractivity contribution in [2.24, 2.45) is 0 Å². The van der Waals surface area contributed by atoms with E-state index in [9.17, 15) is 4.79 Å². The Kier molecular flexibility index (Phi) is 3.90. The first-order chi connectivity index (χ1) is 10.2. The number of H-pyrrole nitrogens is 1. The fraction of sp³-hybridized carbons (Fsp3) is 0.375. The molecule has 0 aliphatic carbocycles. The van der Waals surface area contributed by atoms with Gasteiger partial charge in [0.1, 0.15) is 0 Å². The van der Waals surface area contributed by atoms with Crippen LogP contribution in [0.2, 0.25) is 0 Å². The molecule has 1 fully saturated rings. The number of hydrogen-bond acceptors (Lipinski definition) is 2. The predicted molar refractivity (Wildman–Crippen MR) is 82.1 cm³/mol. The summed E-state index contributed by atoms with van der Waals surface area (Å²) in [5, 5.41) is 9.45. The van der Waals surface area contributed by atoms with E-state index >= 15 is 0 Å². The first-order valence-corrected chi connectivity index (χ1v) is 7.37. The number of aromatic nitrogens is 2. The van der Waals surface area contributed by atoms with Crippen molar-refractivity contribution in [2.75, 3.05) is 11.9 Å². The maximum Gasteiger partial charge on any atom is 0.322 e. The Bertz CT molecular complexity index is 591. The van der Waals surface area contributed by atoms with Crippen LogP contribution < -0.4 is 5.32 Å². The van der Waals surface area contributed by atoms with Crippen LogP contribution in [0.15, 0.2) is 36.7 Å². The van der Waals surface area contributed by atoms with Crippen molar-refractivity contribution >= 4 is 11.7 Å². The molecular weight excluding hydrogens is 264 g/mol. The number of aromatic amines is 1. The molecule has 0 unspecified atom stereocenters. The molecule has 5 heteroatoms. The molecule has 5 nitrogen and oxygen atoms in total. The van der Waals surface area contributed by atoms with Crippen molar-refractivity contribution in [1.29, 1.82) is 0 Å². The quantitative estimate of drug-likeness (QED) is 0.887. The highest BCUT2D eigenvalue weighted by atomic mass is 16.2. The van der Waals surface area contributed by atoms with Gasteiger partial charge in [0, 0.05) is 12.7 Å². The summed E-state index contributed by atoms with van der Waals surface area (Å²) in [6.07, 6.45) is 6.53. The largest absolute Gasteiger partial charge is 0.322 e. The van der Waals surface area contributed by atoms with Gasteiger partial charge in [-0.1, -0.05) is 29.8 Å². The molecule has 0 bridgehead atoms. The van der Waals surface area contributed by atoms with Gasteiger partial charge in [0.15, 0.2) is 0 Å². The number of amides is 2. The van der Waals surface area contributed by atoms with E-state index < -0.39 is 0 Å². The third-order valence-corrected chi connectivity index (χ3v) is 3.98. The zero-order valence-corrected chi connectivity index (χ0v) is 12.2. The highest BCUT2D eigenvalue weighted by Gasteiger charge is 2.28. The number of benzene rings is 1. The van der Waals surface area contributed by atoms with Gasteiger partial charge in [-0.3, -0.25) is 5.10 Å². The van der Waals surface area contributed by atoms with Crippen LogP contribution in [0.3, 0.4) is 0 Å². The van der Waals surface area contributed by atoms with Gasteiger partial charge >= 0.3 is 6.03 Å². The molecular formula is C16H20N4O. The monoisotopic (exact) mass is 284 g/mol. The second kappa shape index (κ2) is 5.99. The van der Waals surface area contributed by atoms with Gasteiger partial charge < -0.3 is 10.2 Å². The second-order valence-corrected chi connectivity index (χ2v) is 5.53. The van der Waals surface area contributed by atoms with Crippen LogP contribution >= 0.6 is 0 Å². The van der Waals surface area contributed by atoms with Crippen molar-refractivity contribution in [2.45, 2.75) is 32.2 Å². The summed E-state index contributed by atoms with van der Waals surface area (Å²) in [4.78, 5) is 14.4. The third-order valence-electron chi connectivity index (χ3n) is 3.98. The average molecular weight is 284 g/mol. The smallest absolute Gasteiger partial charge is 0.317 e. The number of carbonyl (C=O) groups excluding carboxylic acids is 1. The molecule has 21 heavy (non-hydrogen) atoms. The summed E-state index contributed by atoms with van der Waals surface area (Å²) >= 11 is 0. The zero-order valence-electron chi connectivity index (χ0n) is 12.2. The SMILES string of the molecule is Cc1ccc([C@H]2CCCCN2C(=O)Nc2cn[nH]c2)cc1. The number of urea groups is 1. The zero-order chi connectivity index (χ0) is 14.7. The molecule has 1 aromatic heterocycles. The Morgan fingerprint density at radius 3 is 2.86 bits per heavy atom. The highest BCUT2D eigenvalue weighted by molar-refractivity contribution is 5.89. The molecule has 0 saturated carbocycles. The van der Waals surface area contributed by atoms with Gasteiger partial charge in [0.25, 0.3) is 0 Å². The van der Waals surface area contributed by atoms with Gasteiger partial charge in [0.05, 0.1) is 17.9 Å². The number of nitrogens with one attached hydrogen (secondary N) is 2. The van der Waals surface area contributed by atoms with Crippen LogP contribution in [0, 0.1) is 6.92 Å². The summed E-state index contributed by atoms with van der Waals surface area (Å²) in [5.41, 5.74) is 3.15. The van der Waals surface area contributed by atoms with Gasteiger partial charge in [-0.2, -0.15) is 5.10 Å². The van der Waals surface area contributed by atoms with E-state index in [0.29, 0.717) is 5.69 Å². The average Bonchev–Trinajstić information content (AvgIpc) is 3.01. The minimum absolute atomic E-state index is 0.0540. The fourth-order valence-electron chi connectivity index (χ4n) is 2.82. The predicted octanol–water partition coefficient (Wildman–Crippen LogP) is 3.48. The Morgan fingerprint density at radius 1 is 1.33 bits per heavy atom. The van der Waals surface area contributed by atoms with Crippen LogP contribution in [0.4, 0.5) is 10.5 Å². The van der Waals surface area contributed by atoms with Crippen molar-refractivity contribution in [3.8, 4) is 0 Å². The van der Waals surface area contributed by atoms with Gasteiger partial charge in [-0.15, -0.1) is 0 Å². The number of carbonyl (C=O) groups is 1. The van der Waals surface area contributed by atoms with Crippen molar-refractivity contribution < 1.29 is 4.79 Å². The number of rotatable bonds is 2. The maximum absolute atomic E-state index is 12.5. The van der Waals surface area contributed by atoms with Crippen molar-refractivity contribution in [3.63, 3.8) is 0 Å². The molecule has 2 aromatic rings. The third kappa shape index (κ3) is 3.07. The van der Waals surface area contributed by atoms with Crippen LogP contribution in [-0.4, -0.2) is 27.7 Å². The lowest BCUT2D eigenvalue weighted by Crippen LogP contribution is -2.41. The number of anilines is 1. The lowest BCUT2D eigenvalue weighted by Gasteiger charge is -2.36. The van der Waals surface area contributed by atoms with E-state index in [4.69, 9.17) is 0 Å². The second-order valence-electron chi connectivity index (χ2n) is 5.53. The Labute approximate surface area is 124 Å². The lowest BCUT2D eigenvalue weighted by molar-refractivity contribution is 0.163. The van der Waals surface area contributed by atoms with Crippen LogP contribution in [-0.2, 0) is 0 Å². The van der Waals surface area contributed by atoms with E-state index in [-0.39, 0.29) is 12.1 Å². The summed E-state index contributed by atoms with van der Waals surface area (Å²) in [6.45, 7) is 2.87. The normalized spacial score (nSPS) is 18.5. The molecule has 1 aliphatic heterocycles. The van der Waals surface area contributed by atoms with E-state index in [1.165, 1.54) is 11.1 Å². The standard InChI is InChI=1S/C16H20N4O/c1-12-5-7-13(8-6-12)15-4-2-3-9-20(15)16(21)19-14-10-17-18-11-14/h5-8,10-11,15H,2-4,9H2,1H3,(H,17,18)(H,19,21)/t15-/m1/s1. The summed E-state index contributed by atoms with van der Waals surface area (Å²) in [7, 11) is 0. The Balaban J connectivity index is 1.77. The fourth-order valence-corrected chi connectivity index (χ4v) is 2.82. The number of nitrogens with zero attached hydrogens (tertiary/aromatic N) is 2. The van der Waals surface area contributed by atoms with E-state index in [0.717, 1.165) is 25.8 Å². The van der Waals surface area contributed by atoms with E-state index in [1.54, 1.807) is 12.4 Å². The number of piperidine rings is 1. The van der Waals surface area contributed by atoms with Crippen LogP contribution in [0.1, 0.15) is 36.4 Å². The van der Waals surface area contributed by atoms with Crippen LogP contribution in [0.25, 0.3) is 0 Å². The Hall–Kier alpha value is -2.30. The number of aryl methyl sites for hydroxylation is 1. The van der Waals surface area contributed by atoms with Gasteiger partial charge in [-0.25, -0.2) is 4.79 Å². The molecule has 1 aliphatic rings. The molecule has 2 amide bonds. The van der Waals surface area contributed by atoms with Gasteiger partial charge in [-0.05, 0) is 31.7 Å². The molecule has 1 aromatic carbocycles. The molecule has 1 saturated heterocycles. The first-order valence-electron chi connectivity index (χ1n) is 7.37. The van der Waals surface area contributed by atoms with Crippen molar-refractivity contribution in [3.05, 3.63) is 47.8 Å². The molecule has 2 N–H and O–H groups in total. The molecule has 2 heterocycles. The molecule has 0 spiro atoms. The summed E-state index contributed by atoms with van der Waals surface area (Å²) in [6, 6.07) is 8.58. The van der Waals surface area contributed by atoms with E-state index in [2.05, 4.69) is 46.7 Å².